The number of benzene rings is 2. The second-order valence-electron chi connectivity index (χ2n) is 8.08. The molecule has 0 spiro atoms. The summed E-state index contributed by atoms with van der Waals surface area (Å²) in [5, 5.41) is 2.97. The summed E-state index contributed by atoms with van der Waals surface area (Å²) >= 11 is 0. The highest BCUT2D eigenvalue weighted by Crippen LogP contribution is 2.17. The topological polar surface area (TPSA) is 78.5 Å². The van der Waals surface area contributed by atoms with E-state index in [1.54, 1.807) is 32.0 Å². The summed E-state index contributed by atoms with van der Waals surface area (Å²) in [7, 11) is -3.68. The molecule has 3 rings (SSSR count). The molecule has 2 N–H and O–H groups in total. The van der Waals surface area contributed by atoms with E-state index in [9.17, 15) is 22.0 Å². The first-order valence-electron chi connectivity index (χ1n) is 10.2. The van der Waals surface area contributed by atoms with E-state index in [1.807, 2.05) is 0 Å². The van der Waals surface area contributed by atoms with E-state index in [1.165, 1.54) is 18.2 Å². The lowest BCUT2D eigenvalue weighted by Gasteiger charge is -2.32. The third kappa shape index (κ3) is 6.32. The van der Waals surface area contributed by atoms with Crippen molar-refractivity contribution in [2.75, 3.05) is 13.1 Å². The number of carbonyl (C=O) groups excluding carboxylic acids is 1. The van der Waals surface area contributed by atoms with Gasteiger partial charge in [0.2, 0.25) is 10.0 Å². The third-order valence-electron chi connectivity index (χ3n) is 5.11. The van der Waals surface area contributed by atoms with Gasteiger partial charge in [0.1, 0.15) is 0 Å². The zero-order chi connectivity index (χ0) is 22.6. The van der Waals surface area contributed by atoms with Crippen LogP contribution in [-0.2, 0) is 16.6 Å². The van der Waals surface area contributed by atoms with Gasteiger partial charge in [-0.05, 0) is 62.6 Å². The molecule has 2 aromatic carbocycles. The zero-order valence-corrected chi connectivity index (χ0v) is 18.4. The van der Waals surface area contributed by atoms with Crippen LogP contribution in [0.25, 0.3) is 0 Å². The number of piperidine rings is 1. The molecule has 0 aromatic heterocycles. The molecule has 1 amide bonds. The lowest BCUT2D eigenvalue weighted by atomic mass is 10.0. The van der Waals surface area contributed by atoms with Crippen LogP contribution in [0, 0.1) is 11.6 Å². The Balaban J connectivity index is 1.55. The van der Waals surface area contributed by atoms with E-state index in [2.05, 4.69) is 14.9 Å². The van der Waals surface area contributed by atoms with Crippen molar-refractivity contribution in [3.8, 4) is 0 Å². The fraction of sp³-hybridized carbons (Fsp3) is 0.409. The standard InChI is InChI=1S/C22H27F2N3O3S/c1-15(2)26-31(29,30)19-5-3-4-17(13-19)22(28)25-18-8-10-27(11-9-18)14-16-6-7-20(23)21(24)12-16/h3-7,12-13,15,18,26H,8-11,14H2,1-2H3,(H,25,28). The molecule has 168 valence electrons. The average Bonchev–Trinajstić information content (AvgIpc) is 2.71. The Labute approximate surface area is 181 Å². The van der Waals surface area contributed by atoms with Gasteiger partial charge in [0.25, 0.3) is 5.91 Å². The Morgan fingerprint density at radius 3 is 2.45 bits per heavy atom. The van der Waals surface area contributed by atoms with Crippen molar-refractivity contribution in [3.63, 3.8) is 0 Å². The highest BCUT2D eigenvalue weighted by atomic mass is 32.2. The highest BCUT2D eigenvalue weighted by molar-refractivity contribution is 7.89. The Hall–Kier alpha value is -2.36. The minimum atomic E-state index is -3.68. The van der Waals surface area contributed by atoms with Crippen molar-refractivity contribution in [1.29, 1.82) is 0 Å². The summed E-state index contributed by atoms with van der Waals surface area (Å²) in [4.78, 5) is 14.8. The van der Waals surface area contributed by atoms with Crippen molar-refractivity contribution in [1.82, 2.24) is 14.9 Å². The monoisotopic (exact) mass is 451 g/mol. The number of hydrogen-bond donors (Lipinski definition) is 2. The van der Waals surface area contributed by atoms with Gasteiger partial charge in [-0.25, -0.2) is 21.9 Å². The molecule has 0 aliphatic carbocycles. The summed E-state index contributed by atoms with van der Waals surface area (Å²) in [6.45, 7) is 5.38. The van der Waals surface area contributed by atoms with Crippen LogP contribution in [0.2, 0.25) is 0 Å². The van der Waals surface area contributed by atoms with Crippen LogP contribution in [0.15, 0.2) is 47.4 Å². The fourth-order valence-corrected chi connectivity index (χ4v) is 4.88. The van der Waals surface area contributed by atoms with Gasteiger partial charge in [0.15, 0.2) is 11.6 Å². The molecule has 1 fully saturated rings. The van der Waals surface area contributed by atoms with Crippen molar-refractivity contribution in [2.24, 2.45) is 0 Å². The number of nitrogens with zero attached hydrogens (tertiary/aromatic N) is 1. The lowest BCUT2D eigenvalue weighted by molar-refractivity contribution is 0.0908. The maximum absolute atomic E-state index is 13.4. The number of carbonyl (C=O) groups is 1. The summed E-state index contributed by atoms with van der Waals surface area (Å²) in [6.07, 6.45) is 1.42. The number of sulfonamides is 1. The molecule has 1 heterocycles. The first kappa shape index (κ1) is 23.3. The number of hydrogen-bond acceptors (Lipinski definition) is 4. The zero-order valence-electron chi connectivity index (χ0n) is 17.6. The second kappa shape index (κ2) is 9.84. The fourth-order valence-electron chi connectivity index (χ4n) is 3.58. The summed E-state index contributed by atoms with van der Waals surface area (Å²) < 4.78 is 53.6. The van der Waals surface area contributed by atoms with Crippen LogP contribution in [-0.4, -0.2) is 44.4 Å². The van der Waals surface area contributed by atoms with E-state index in [0.717, 1.165) is 6.07 Å². The lowest BCUT2D eigenvalue weighted by Crippen LogP contribution is -2.44. The number of nitrogens with one attached hydrogen (secondary N) is 2. The molecule has 0 atom stereocenters. The Morgan fingerprint density at radius 1 is 1.10 bits per heavy atom. The van der Waals surface area contributed by atoms with Crippen LogP contribution in [0.3, 0.4) is 0 Å². The Morgan fingerprint density at radius 2 is 1.81 bits per heavy atom. The van der Waals surface area contributed by atoms with Gasteiger partial charge >= 0.3 is 0 Å². The molecule has 0 saturated carbocycles. The van der Waals surface area contributed by atoms with E-state index in [-0.39, 0.29) is 28.4 Å². The first-order valence-corrected chi connectivity index (χ1v) is 11.7. The van der Waals surface area contributed by atoms with Crippen LogP contribution in [0.1, 0.15) is 42.6 Å². The van der Waals surface area contributed by atoms with Gasteiger partial charge in [-0.2, -0.15) is 0 Å². The molecule has 1 saturated heterocycles. The highest BCUT2D eigenvalue weighted by Gasteiger charge is 2.23. The van der Waals surface area contributed by atoms with Crippen LogP contribution in [0.5, 0.6) is 0 Å². The van der Waals surface area contributed by atoms with Crippen LogP contribution < -0.4 is 10.0 Å². The molecule has 0 radical (unpaired) electrons. The summed E-state index contributed by atoms with van der Waals surface area (Å²) in [5.41, 5.74) is 0.991. The van der Waals surface area contributed by atoms with Gasteiger partial charge in [0.05, 0.1) is 4.90 Å². The van der Waals surface area contributed by atoms with Crippen molar-refractivity contribution in [2.45, 2.75) is 50.2 Å². The molecule has 2 aromatic rings. The predicted molar refractivity (Wildman–Crippen MR) is 114 cm³/mol. The molecule has 31 heavy (non-hydrogen) atoms. The van der Waals surface area contributed by atoms with Gasteiger partial charge in [0, 0.05) is 37.3 Å². The molecule has 0 bridgehead atoms. The molecule has 6 nitrogen and oxygen atoms in total. The molecule has 0 unspecified atom stereocenters. The maximum atomic E-state index is 13.4. The smallest absolute Gasteiger partial charge is 0.251 e. The van der Waals surface area contributed by atoms with E-state index in [0.29, 0.717) is 38.0 Å². The van der Waals surface area contributed by atoms with Crippen molar-refractivity contribution >= 4 is 15.9 Å². The normalized spacial score (nSPS) is 15.9. The van der Waals surface area contributed by atoms with Gasteiger partial charge in [-0.3, -0.25) is 9.69 Å². The number of halogens is 2. The first-order chi connectivity index (χ1) is 14.6. The predicted octanol–water partition coefficient (Wildman–Crippen LogP) is 3.05. The summed E-state index contributed by atoms with van der Waals surface area (Å²) in [6, 6.07) is 9.58. The van der Waals surface area contributed by atoms with E-state index >= 15 is 0 Å². The van der Waals surface area contributed by atoms with Gasteiger partial charge in [-0.1, -0.05) is 12.1 Å². The van der Waals surface area contributed by atoms with E-state index in [4.69, 9.17) is 0 Å². The minimum Gasteiger partial charge on any atom is -0.349 e. The van der Waals surface area contributed by atoms with Crippen molar-refractivity contribution in [3.05, 3.63) is 65.2 Å². The SMILES string of the molecule is CC(C)NS(=O)(=O)c1cccc(C(=O)NC2CCN(Cc3ccc(F)c(F)c3)CC2)c1. The average molecular weight is 452 g/mol. The quantitative estimate of drug-likeness (QED) is 0.678. The van der Waals surface area contributed by atoms with Crippen LogP contribution in [0.4, 0.5) is 8.78 Å². The molecular weight excluding hydrogens is 424 g/mol. The third-order valence-corrected chi connectivity index (χ3v) is 6.77. The molecule has 1 aliphatic heterocycles. The Bertz CT molecular complexity index is 1040. The molecule has 1 aliphatic rings. The Kier molecular flexibility index (Phi) is 7.40. The minimum absolute atomic E-state index is 0.0391. The number of likely N-dealkylation sites (tertiary alicyclic amines) is 1. The summed E-state index contributed by atoms with van der Waals surface area (Å²) in [5.74, 6) is -2.03. The molecular formula is C22H27F2N3O3S. The molecule has 9 heteroatoms. The van der Waals surface area contributed by atoms with Crippen LogP contribution >= 0.6 is 0 Å². The van der Waals surface area contributed by atoms with Gasteiger partial charge in [-0.15, -0.1) is 0 Å². The van der Waals surface area contributed by atoms with Gasteiger partial charge < -0.3 is 5.32 Å². The second-order valence-corrected chi connectivity index (χ2v) is 9.79. The van der Waals surface area contributed by atoms with E-state index < -0.39 is 21.7 Å². The number of rotatable bonds is 7. The van der Waals surface area contributed by atoms with Crippen molar-refractivity contribution < 1.29 is 22.0 Å². The maximum Gasteiger partial charge on any atom is 0.251 e. The largest absolute Gasteiger partial charge is 0.349 e. The number of amides is 1.